The Balaban J connectivity index is 1.76. The van der Waals surface area contributed by atoms with Crippen LogP contribution in [0.1, 0.15) is 51.2 Å². The number of rotatable bonds is 7. The lowest BCUT2D eigenvalue weighted by Gasteiger charge is -2.32. The van der Waals surface area contributed by atoms with Gasteiger partial charge in [-0.1, -0.05) is 37.6 Å². The maximum atomic E-state index is 13.0. The zero-order chi connectivity index (χ0) is 20.8. The first-order valence-electron chi connectivity index (χ1n) is 10.7. The molecule has 0 saturated carbocycles. The number of urea groups is 1. The molecule has 0 aromatic heterocycles. The predicted molar refractivity (Wildman–Crippen MR) is 123 cm³/mol. The normalized spacial score (nSPS) is 14.3. The molecule has 1 N–H and O–H groups in total. The van der Waals surface area contributed by atoms with Gasteiger partial charge in [0, 0.05) is 42.1 Å². The van der Waals surface area contributed by atoms with Gasteiger partial charge in [0.15, 0.2) is 0 Å². The number of carbonyl (C=O) groups excluding carboxylic acids is 1. The molecule has 1 aliphatic heterocycles. The zero-order valence-electron chi connectivity index (χ0n) is 17.7. The summed E-state index contributed by atoms with van der Waals surface area (Å²) in [5.41, 5.74) is 4.72. The highest BCUT2D eigenvalue weighted by Gasteiger charge is 2.21. The van der Waals surface area contributed by atoms with Crippen LogP contribution in [0.25, 0.3) is 0 Å². The van der Waals surface area contributed by atoms with E-state index in [4.69, 9.17) is 11.6 Å². The van der Waals surface area contributed by atoms with Crippen LogP contribution in [-0.2, 0) is 13.0 Å². The van der Waals surface area contributed by atoms with Gasteiger partial charge in [-0.3, -0.25) is 0 Å². The molecule has 0 aliphatic carbocycles. The van der Waals surface area contributed by atoms with Gasteiger partial charge in [-0.05, 0) is 74.1 Å². The van der Waals surface area contributed by atoms with Gasteiger partial charge >= 0.3 is 6.03 Å². The molecule has 1 aliphatic rings. The Morgan fingerprint density at radius 2 is 1.97 bits per heavy atom. The van der Waals surface area contributed by atoms with Crippen LogP contribution in [0.4, 0.5) is 16.2 Å². The lowest BCUT2D eigenvalue weighted by Crippen LogP contribution is -2.40. The minimum absolute atomic E-state index is 0.0768. The number of hydrogen-bond donors (Lipinski definition) is 1. The monoisotopic (exact) mass is 413 g/mol. The number of benzene rings is 2. The van der Waals surface area contributed by atoms with Crippen molar-refractivity contribution in [3.63, 3.8) is 0 Å². The van der Waals surface area contributed by atoms with E-state index in [9.17, 15) is 4.79 Å². The van der Waals surface area contributed by atoms with E-state index < -0.39 is 0 Å². The second-order valence-corrected chi connectivity index (χ2v) is 8.31. The van der Waals surface area contributed by atoms with Crippen molar-refractivity contribution in [2.24, 2.45) is 0 Å². The van der Waals surface area contributed by atoms with Crippen LogP contribution in [0.2, 0.25) is 5.02 Å². The maximum absolute atomic E-state index is 13.0. The SMILES string of the molecule is CCCN1CCCc2cc(CN(C(=O)Nc3ccc(Cl)cc3)[C@H](C)CC)ccc21. The van der Waals surface area contributed by atoms with E-state index in [0.29, 0.717) is 11.6 Å². The zero-order valence-corrected chi connectivity index (χ0v) is 18.5. The Labute approximate surface area is 179 Å². The number of aryl methyl sites for hydroxylation is 1. The Hall–Kier alpha value is -2.20. The summed E-state index contributed by atoms with van der Waals surface area (Å²) in [6.07, 6.45) is 4.38. The second-order valence-electron chi connectivity index (χ2n) is 7.88. The lowest BCUT2D eigenvalue weighted by molar-refractivity contribution is 0.187. The second kappa shape index (κ2) is 10.0. The van der Waals surface area contributed by atoms with Crippen molar-refractivity contribution in [1.29, 1.82) is 0 Å². The van der Waals surface area contributed by atoms with Gasteiger partial charge in [-0.15, -0.1) is 0 Å². The summed E-state index contributed by atoms with van der Waals surface area (Å²) >= 11 is 5.95. The molecule has 5 heteroatoms. The molecule has 1 heterocycles. The fraction of sp³-hybridized carbons (Fsp3) is 0.458. The Morgan fingerprint density at radius 1 is 1.21 bits per heavy atom. The lowest BCUT2D eigenvalue weighted by atomic mass is 9.98. The van der Waals surface area contributed by atoms with Crippen LogP contribution in [0, 0.1) is 0 Å². The number of anilines is 2. The summed E-state index contributed by atoms with van der Waals surface area (Å²) in [5.74, 6) is 0. The molecular formula is C24H32ClN3O. The third-order valence-corrected chi connectivity index (χ3v) is 5.94. The van der Waals surface area contributed by atoms with Crippen LogP contribution < -0.4 is 10.2 Å². The molecule has 0 bridgehead atoms. The van der Waals surface area contributed by atoms with Crippen LogP contribution >= 0.6 is 11.6 Å². The Kier molecular flexibility index (Phi) is 7.43. The minimum Gasteiger partial charge on any atom is -0.371 e. The molecule has 156 valence electrons. The molecule has 1 atom stereocenters. The predicted octanol–water partition coefficient (Wildman–Crippen LogP) is 6.34. The molecule has 0 saturated heterocycles. The fourth-order valence-corrected chi connectivity index (χ4v) is 4.03. The molecule has 2 aromatic carbocycles. The Bertz CT molecular complexity index is 821. The molecule has 0 spiro atoms. The van der Waals surface area contributed by atoms with E-state index in [0.717, 1.165) is 38.0 Å². The molecule has 29 heavy (non-hydrogen) atoms. The van der Waals surface area contributed by atoms with Crippen LogP contribution in [-0.4, -0.2) is 30.1 Å². The summed E-state index contributed by atoms with van der Waals surface area (Å²) in [4.78, 5) is 17.4. The van der Waals surface area contributed by atoms with Crippen molar-refractivity contribution in [3.8, 4) is 0 Å². The largest absolute Gasteiger partial charge is 0.371 e. The molecule has 0 radical (unpaired) electrons. The third kappa shape index (κ3) is 5.45. The van der Waals surface area contributed by atoms with Gasteiger partial charge in [-0.2, -0.15) is 0 Å². The maximum Gasteiger partial charge on any atom is 0.322 e. The van der Waals surface area contributed by atoms with Gasteiger partial charge < -0.3 is 15.1 Å². The molecule has 3 rings (SSSR count). The van der Waals surface area contributed by atoms with E-state index in [-0.39, 0.29) is 12.1 Å². The van der Waals surface area contributed by atoms with Crippen molar-refractivity contribution >= 4 is 29.0 Å². The molecule has 0 unspecified atom stereocenters. The number of nitrogens with one attached hydrogen (secondary N) is 1. The first-order chi connectivity index (χ1) is 14.0. The molecule has 2 aromatic rings. The summed E-state index contributed by atoms with van der Waals surface area (Å²) < 4.78 is 0. The molecule has 2 amide bonds. The number of halogens is 1. The van der Waals surface area contributed by atoms with Gasteiger partial charge in [0.25, 0.3) is 0 Å². The van der Waals surface area contributed by atoms with Crippen molar-refractivity contribution in [3.05, 3.63) is 58.6 Å². The van der Waals surface area contributed by atoms with E-state index in [1.807, 2.05) is 17.0 Å². The molecule has 0 fully saturated rings. The average Bonchev–Trinajstić information content (AvgIpc) is 2.73. The summed E-state index contributed by atoms with van der Waals surface area (Å²) in [5, 5.41) is 3.67. The van der Waals surface area contributed by atoms with Crippen molar-refractivity contribution in [2.75, 3.05) is 23.3 Å². The smallest absolute Gasteiger partial charge is 0.322 e. The number of amides is 2. The fourth-order valence-electron chi connectivity index (χ4n) is 3.90. The topological polar surface area (TPSA) is 35.6 Å². The van der Waals surface area contributed by atoms with E-state index in [2.05, 4.69) is 49.2 Å². The number of carbonyl (C=O) groups is 1. The number of hydrogen-bond acceptors (Lipinski definition) is 2. The average molecular weight is 414 g/mol. The van der Waals surface area contributed by atoms with Crippen molar-refractivity contribution in [2.45, 2.75) is 59.0 Å². The first kappa shape index (κ1) is 21.5. The van der Waals surface area contributed by atoms with Gasteiger partial charge in [0.2, 0.25) is 0 Å². The van der Waals surface area contributed by atoms with Gasteiger partial charge in [0.1, 0.15) is 0 Å². The van der Waals surface area contributed by atoms with Gasteiger partial charge in [-0.25, -0.2) is 4.79 Å². The van der Waals surface area contributed by atoms with Crippen LogP contribution in [0.15, 0.2) is 42.5 Å². The quantitative estimate of drug-likeness (QED) is 0.575. The van der Waals surface area contributed by atoms with E-state index in [1.165, 1.54) is 23.2 Å². The van der Waals surface area contributed by atoms with E-state index in [1.54, 1.807) is 12.1 Å². The van der Waals surface area contributed by atoms with Crippen molar-refractivity contribution in [1.82, 2.24) is 4.90 Å². The van der Waals surface area contributed by atoms with Crippen LogP contribution in [0.5, 0.6) is 0 Å². The van der Waals surface area contributed by atoms with Crippen LogP contribution in [0.3, 0.4) is 0 Å². The third-order valence-electron chi connectivity index (χ3n) is 5.68. The minimum atomic E-state index is -0.0768. The highest BCUT2D eigenvalue weighted by atomic mass is 35.5. The Morgan fingerprint density at radius 3 is 2.66 bits per heavy atom. The molecular weight excluding hydrogens is 382 g/mol. The molecule has 4 nitrogen and oxygen atoms in total. The highest BCUT2D eigenvalue weighted by molar-refractivity contribution is 6.30. The standard InChI is InChI=1S/C24H32ClN3O/c1-4-14-27-15-6-7-20-16-19(8-13-23(20)27)17-28(18(3)5-2)24(29)26-22-11-9-21(25)10-12-22/h8-13,16,18H,4-7,14-15,17H2,1-3H3,(H,26,29)/t18-/m1/s1. The summed E-state index contributed by atoms with van der Waals surface area (Å²) in [7, 11) is 0. The summed E-state index contributed by atoms with van der Waals surface area (Å²) in [6, 6.07) is 14.0. The van der Waals surface area contributed by atoms with E-state index >= 15 is 0 Å². The van der Waals surface area contributed by atoms with Crippen molar-refractivity contribution < 1.29 is 4.79 Å². The highest BCUT2D eigenvalue weighted by Crippen LogP contribution is 2.29. The van der Waals surface area contributed by atoms with Gasteiger partial charge in [0.05, 0.1) is 0 Å². The number of fused-ring (bicyclic) bond motifs is 1. The number of nitrogens with zero attached hydrogens (tertiary/aromatic N) is 2. The summed E-state index contributed by atoms with van der Waals surface area (Å²) in [6.45, 7) is 9.30. The first-order valence-corrected chi connectivity index (χ1v) is 11.1.